The number of nitrogens with one attached hydrogen (secondary N) is 2. The van der Waals surface area contributed by atoms with Crippen LogP contribution in [-0.2, 0) is 17.4 Å². The highest BCUT2D eigenvalue weighted by Gasteiger charge is 2.34. The number of pyridine rings is 1. The molecular weight excluding hydrogens is 415 g/mol. The van der Waals surface area contributed by atoms with Gasteiger partial charge >= 0.3 is 6.18 Å². The maximum Gasteiger partial charge on any atom is 0.433 e. The number of alkyl halides is 3. The van der Waals surface area contributed by atoms with E-state index >= 15 is 0 Å². The summed E-state index contributed by atoms with van der Waals surface area (Å²) in [5, 5.41) is 7.07. The number of hydrogen-bond donors (Lipinski definition) is 2. The maximum atomic E-state index is 13.3. The summed E-state index contributed by atoms with van der Waals surface area (Å²) in [6.07, 6.45) is -0.116. The molecule has 1 fully saturated rings. The lowest BCUT2D eigenvalue weighted by atomic mass is 9.90. The third-order valence-corrected chi connectivity index (χ3v) is 5.89. The molecule has 1 aliphatic carbocycles. The molecule has 1 saturated carbocycles. The Labute approximate surface area is 185 Å². The first-order valence-corrected chi connectivity index (χ1v) is 11.0. The molecule has 1 amide bonds. The average Bonchev–Trinajstić information content (AvgIpc) is 2.78. The molecule has 168 valence electrons. The molecule has 1 aromatic heterocycles. The Kier molecular flexibility index (Phi) is 6.63. The first kappa shape index (κ1) is 22.1. The molecule has 0 saturated heterocycles. The van der Waals surface area contributed by atoms with Crippen LogP contribution in [0.5, 0.6) is 0 Å². The topological polar surface area (TPSA) is 54.0 Å². The monoisotopic (exact) mass is 441 g/mol. The maximum absolute atomic E-state index is 13.3. The Hall–Kier alpha value is -3.09. The van der Waals surface area contributed by atoms with Crippen LogP contribution in [-0.4, -0.2) is 23.0 Å². The van der Waals surface area contributed by atoms with Crippen molar-refractivity contribution in [3.05, 3.63) is 71.9 Å². The number of benzene rings is 2. The molecule has 2 N–H and O–H groups in total. The number of hydrogen-bond acceptors (Lipinski definition) is 3. The number of carbonyl (C=O) groups is 1. The molecule has 3 aromatic rings. The van der Waals surface area contributed by atoms with Crippen molar-refractivity contribution in [2.75, 3.05) is 5.32 Å². The number of rotatable bonds is 6. The zero-order valence-electron chi connectivity index (χ0n) is 17.7. The number of fused-ring (bicyclic) bond motifs is 1. The summed E-state index contributed by atoms with van der Waals surface area (Å²) in [6, 6.07) is 17.8. The van der Waals surface area contributed by atoms with E-state index in [1.165, 1.54) is 0 Å². The third-order valence-electron chi connectivity index (χ3n) is 5.89. The van der Waals surface area contributed by atoms with Crippen LogP contribution in [0.25, 0.3) is 10.9 Å². The number of halogens is 3. The second kappa shape index (κ2) is 9.59. The van der Waals surface area contributed by atoms with E-state index in [0.717, 1.165) is 30.9 Å². The average molecular weight is 441 g/mol. The van der Waals surface area contributed by atoms with E-state index in [2.05, 4.69) is 15.6 Å². The normalized spacial score (nSPS) is 19.0. The lowest BCUT2D eigenvalue weighted by molar-refractivity contribution is -0.140. The zero-order chi connectivity index (χ0) is 22.6. The van der Waals surface area contributed by atoms with Crippen molar-refractivity contribution >= 4 is 22.5 Å². The lowest BCUT2D eigenvalue weighted by Crippen LogP contribution is -2.41. The van der Waals surface area contributed by atoms with Gasteiger partial charge in [0.15, 0.2) is 0 Å². The van der Waals surface area contributed by atoms with Crippen molar-refractivity contribution in [3.63, 3.8) is 0 Å². The summed E-state index contributed by atoms with van der Waals surface area (Å²) in [6.45, 7) is 0. The highest BCUT2D eigenvalue weighted by molar-refractivity contribution is 5.91. The second-order valence-corrected chi connectivity index (χ2v) is 8.33. The van der Waals surface area contributed by atoms with Crippen molar-refractivity contribution < 1.29 is 18.0 Å². The van der Waals surface area contributed by atoms with Gasteiger partial charge in [-0.1, -0.05) is 48.5 Å². The Morgan fingerprint density at radius 2 is 1.72 bits per heavy atom. The molecule has 7 heteroatoms. The molecule has 0 radical (unpaired) electrons. The molecule has 4 rings (SSSR count). The fourth-order valence-corrected chi connectivity index (χ4v) is 4.31. The SMILES string of the molecule is O=C(CCc1ccccc1)NC1CCC[C@H](Nc2cc(C(F)(F)F)nc3ccccc23)C1. The number of amides is 1. The van der Waals surface area contributed by atoms with E-state index in [4.69, 9.17) is 0 Å². The fraction of sp³-hybridized carbons (Fsp3) is 0.360. The predicted octanol–water partition coefficient (Wildman–Crippen LogP) is 5.73. The molecule has 4 nitrogen and oxygen atoms in total. The van der Waals surface area contributed by atoms with Crippen LogP contribution in [0.1, 0.15) is 43.4 Å². The van der Waals surface area contributed by atoms with Crippen LogP contribution in [0.3, 0.4) is 0 Å². The number of aryl methyl sites for hydroxylation is 1. The molecule has 1 unspecified atom stereocenters. The van der Waals surface area contributed by atoms with Crippen LogP contribution in [0.15, 0.2) is 60.7 Å². The minimum absolute atomic E-state index is 0.00761. The Bertz CT molecular complexity index is 1070. The largest absolute Gasteiger partial charge is 0.433 e. The Morgan fingerprint density at radius 3 is 2.50 bits per heavy atom. The summed E-state index contributed by atoms with van der Waals surface area (Å²) < 4.78 is 40.0. The third kappa shape index (κ3) is 5.58. The molecule has 0 bridgehead atoms. The van der Waals surface area contributed by atoms with E-state index < -0.39 is 11.9 Å². The summed E-state index contributed by atoms with van der Waals surface area (Å²) in [7, 11) is 0. The number of carbonyl (C=O) groups excluding carboxylic acids is 1. The van der Waals surface area contributed by atoms with Crippen LogP contribution in [0.2, 0.25) is 0 Å². The molecule has 32 heavy (non-hydrogen) atoms. The quantitative estimate of drug-likeness (QED) is 0.514. The lowest BCUT2D eigenvalue weighted by Gasteiger charge is -2.31. The van der Waals surface area contributed by atoms with Gasteiger partial charge < -0.3 is 10.6 Å². The summed E-state index contributed by atoms with van der Waals surface area (Å²) in [5.74, 6) is 0.00761. The second-order valence-electron chi connectivity index (χ2n) is 8.33. The Morgan fingerprint density at radius 1 is 1.00 bits per heavy atom. The van der Waals surface area contributed by atoms with E-state index in [9.17, 15) is 18.0 Å². The molecule has 1 aliphatic rings. The molecule has 1 heterocycles. The van der Waals surface area contributed by atoms with Gasteiger partial charge in [0.25, 0.3) is 0 Å². The molecule has 0 spiro atoms. The fourth-order valence-electron chi connectivity index (χ4n) is 4.31. The standard InChI is InChI=1S/C25H26F3N3O/c26-25(27,28)23-16-22(20-11-4-5-12-21(20)31-23)29-18-9-6-10-19(15-18)30-24(32)14-13-17-7-2-1-3-8-17/h1-5,7-8,11-12,16,18-19H,6,9-10,13-15H2,(H,29,31)(H,30,32)/t18-,19?/m0/s1. The van der Waals surface area contributed by atoms with Gasteiger partial charge in [-0.25, -0.2) is 4.98 Å². The van der Waals surface area contributed by atoms with Crippen LogP contribution >= 0.6 is 0 Å². The van der Waals surface area contributed by atoms with Crippen LogP contribution < -0.4 is 10.6 Å². The summed E-state index contributed by atoms with van der Waals surface area (Å²) in [4.78, 5) is 16.2. The van der Waals surface area contributed by atoms with Gasteiger partial charge in [-0.15, -0.1) is 0 Å². The number of para-hydroxylation sites is 1. The van der Waals surface area contributed by atoms with Gasteiger partial charge in [0.2, 0.25) is 5.91 Å². The van der Waals surface area contributed by atoms with Gasteiger partial charge in [0.1, 0.15) is 5.69 Å². The van der Waals surface area contributed by atoms with Gasteiger partial charge in [-0.3, -0.25) is 4.79 Å². The minimum Gasteiger partial charge on any atom is -0.382 e. The summed E-state index contributed by atoms with van der Waals surface area (Å²) >= 11 is 0. The smallest absolute Gasteiger partial charge is 0.382 e. The van der Waals surface area contributed by atoms with Crippen molar-refractivity contribution in [2.24, 2.45) is 0 Å². The van der Waals surface area contributed by atoms with Gasteiger partial charge in [0, 0.05) is 29.6 Å². The predicted molar refractivity (Wildman–Crippen MR) is 119 cm³/mol. The van der Waals surface area contributed by atoms with Crippen molar-refractivity contribution in [2.45, 2.75) is 56.8 Å². The summed E-state index contributed by atoms with van der Waals surface area (Å²) in [5.41, 5.74) is 0.964. The molecule has 0 aliphatic heterocycles. The van der Waals surface area contributed by atoms with E-state index in [1.807, 2.05) is 30.3 Å². The molecule has 2 aromatic carbocycles. The minimum atomic E-state index is -4.51. The number of aromatic nitrogens is 1. The molecular formula is C25H26F3N3O. The van der Waals surface area contributed by atoms with E-state index in [1.54, 1.807) is 24.3 Å². The van der Waals surface area contributed by atoms with E-state index in [0.29, 0.717) is 35.9 Å². The highest BCUT2D eigenvalue weighted by atomic mass is 19.4. The zero-order valence-corrected chi connectivity index (χ0v) is 17.7. The van der Waals surface area contributed by atoms with Gasteiger partial charge in [0.05, 0.1) is 5.52 Å². The molecule has 2 atom stereocenters. The van der Waals surface area contributed by atoms with Crippen molar-refractivity contribution in [3.8, 4) is 0 Å². The Balaban J connectivity index is 1.41. The van der Waals surface area contributed by atoms with Crippen LogP contribution in [0, 0.1) is 0 Å². The number of anilines is 1. The highest BCUT2D eigenvalue weighted by Crippen LogP contribution is 2.34. The van der Waals surface area contributed by atoms with Gasteiger partial charge in [-0.2, -0.15) is 13.2 Å². The van der Waals surface area contributed by atoms with Crippen LogP contribution in [0.4, 0.5) is 18.9 Å². The van der Waals surface area contributed by atoms with Crippen molar-refractivity contribution in [1.82, 2.24) is 10.3 Å². The first-order chi connectivity index (χ1) is 15.4. The first-order valence-electron chi connectivity index (χ1n) is 11.0. The van der Waals surface area contributed by atoms with E-state index in [-0.39, 0.29) is 18.0 Å². The van der Waals surface area contributed by atoms with Crippen molar-refractivity contribution in [1.29, 1.82) is 0 Å². The van der Waals surface area contributed by atoms with Gasteiger partial charge in [-0.05, 0) is 49.8 Å². The number of nitrogens with zero attached hydrogens (tertiary/aromatic N) is 1.